The molecule has 0 fully saturated rings. The maximum Gasteiger partial charge on any atom is 0.328 e. The van der Waals surface area contributed by atoms with Crippen molar-refractivity contribution in [1.82, 2.24) is 9.13 Å². The van der Waals surface area contributed by atoms with Crippen molar-refractivity contribution in [2.75, 3.05) is 0 Å². The van der Waals surface area contributed by atoms with Crippen LogP contribution in [0.15, 0.2) is 21.4 Å². The van der Waals surface area contributed by atoms with Crippen LogP contribution in [0.5, 0.6) is 0 Å². The molecule has 1 heterocycles. The van der Waals surface area contributed by atoms with E-state index in [4.69, 9.17) is 11.6 Å². The van der Waals surface area contributed by atoms with E-state index in [1.54, 1.807) is 23.2 Å². The molecule has 2 rings (SSSR count). The first-order valence-electron chi connectivity index (χ1n) is 7.46. The summed E-state index contributed by atoms with van der Waals surface area (Å²) in [5.74, 6) is 0. The average molecular weight is 374 g/mol. The van der Waals surface area contributed by atoms with Gasteiger partial charge in [-0.2, -0.15) is 0 Å². The molecule has 21 heavy (non-hydrogen) atoms. The molecule has 1 unspecified atom stereocenters. The van der Waals surface area contributed by atoms with Gasteiger partial charge in [0, 0.05) is 18.6 Å². The van der Waals surface area contributed by atoms with Crippen molar-refractivity contribution in [1.29, 1.82) is 0 Å². The SMILES string of the molecule is CCCCCCC(Cl)c1cc2c(cc1Br)n(C)c(=O)n2C. The number of hydrogen-bond donors (Lipinski definition) is 0. The maximum atomic E-state index is 12.0. The molecule has 116 valence electrons. The first-order chi connectivity index (χ1) is 9.97. The van der Waals surface area contributed by atoms with Crippen LogP contribution in [-0.4, -0.2) is 9.13 Å². The Hall–Kier alpha value is -0.740. The molecule has 0 radical (unpaired) electrons. The summed E-state index contributed by atoms with van der Waals surface area (Å²) >= 11 is 10.2. The Morgan fingerprint density at radius 3 is 2.38 bits per heavy atom. The number of hydrogen-bond acceptors (Lipinski definition) is 1. The fourth-order valence-electron chi connectivity index (χ4n) is 2.68. The topological polar surface area (TPSA) is 26.9 Å². The van der Waals surface area contributed by atoms with E-state index in [1.807, 2.05) is 12.1 Å². The lowest BCUT2D eigenvalue weighted by Crippen LogP contribution is -2.19. The first kappa shape index (κ1) is 16.6. The zero-order chi connectivity index (χ0) is 15.6. The van der Waals surface area contributed by atoms with E-state index in [0.717, 1.165) is 33.9 Å². The minimum Gasteiger partial charge on any atom is -0.295 e. The van der Waals surface area contributed by atoms with Crippen molar-refractivity contribution in [3.05, 3.63) is 32.7 Å². The van der Waals surface area contributed by atoms with Crippen molar-refractivity contribution in [2.45, 2.75) is 44.4 Å². The third-order valence-corrected chi connectivity index (χ3v) is 5.18. The van der Waals surface area contributed by atoms with E-state index < -0.39 is 0 Å². The highest BCUT2D eigenvalue weighted by Gasteiger charge is 2.16. The lowest BCUT2D eigenvalue weighted by molar-refractivity contribution is 0.623. The second-order valence-corrected chi connectivity index (χ2v) is 6.96. The van der Waals surface area contributed by atoms with Gasteiger partial charge in [-0.15, -0.1) is 11.6 Å². The van der Waals surface area contributed by atoms with Gasteiger partial charge < -0.3 is 0 Å². The monoisotopic (exact) mass is 372 g/mol. The molecule has 2 aromatic rings. The molecule has 0 aliphatic rings. The zero-order valence-corrected chi connectivity index (χ0v) is 15.2. The molecule has 0 aliphatic heterocycles. The van der Waals surface area contributed by atoms with Gasteiger partial charge in [0.15, 0.2) is 0 Å². The Labute approximate surface area is 139 Å². The number of nitrogens with zero attached hydrogens (tertiary/aromatic N) is 2. The Balaban J connectivity index is 2.30. The summed E-state index contributed by atoms with van der Waals surface area (Å²) in [5.41, 5.74) is 2.91. The van der Waals surface area contributed by atoms with Crippen molar-refractivity contribution in [3.63, 3.8) is 0 Å². The highest BCUT2D eigenvalue weighted by atomic mass is 79.9. The summed E-state index contributed by atoms with van der Waals surface area (Å²) in [7, 11) is 3.59. The smallest absolute Gasteiger partial charge is 0.295 e. The van der Waals surface area contributed by atoms with Crippen LogP contribution in [0.2, 0.25) is 0 Å². The minimum absolute atomic E-state index is 0.0110. The molecule has 0 bridgehead atoms. The van der Waals surface area contributed by atoms with Crippen LogP contribution >= 0.6 is 27.5 Å². The van der Waals surface area contributed by atoms with Gasteiger partial charge in [0.05, 0.1) is 16.4 Å². The van der Waals surface area contributed by atoms with E-state index in [-0.39, 0.29) is 11.1 Å². The number of aromatic nitrogens is 2. The number of alkyl halides is 1. The molecule has 1 atom stereocenters. The van der Waals surface area contributed by atoms with Crippen LogP contribution in [0, 0.1) is 0 Å². The van der Waals surface area contributed by atoms with E-state index in [2.05, 4.69) is 22.9 Å². The number of benzene rings is 1. The summed E-state index contributed by atoms with van der Waals surface area (Å²) in [5, 5.41) is -0.0176. The molecule has 3 nitrogen and oxygen atoms in total. The van der Waals surface area contributed by atoms with Gasteiger partial charge in [-0.05, 0) is 24.1 Å². The first-order valence-corrected chi connectivity index (χ1v) is 8.69. The average Bonchev–Trinajstić information content (AvgIpc) is 2.67. The fourth-order valence-corrected chi connectivity index (χ4v) is 3.76. The van der Waals surface area contributed by atoms with Gasteiger partial charge in [0.25, 0.3) is 0 Å². The van der Waals surface area contributed by atoms with Crippen LogP contribution in [0.25, 0.3) is 11.0 Å². The van der Waals surface area contributed by atoms with Crippen LogP contribution in [0.3, 0.4) is 0 Å². The van der Waals surface area contributed by atoms with Crippen molar-refractivity contribution >= 4 is 38.6 Å². The van der Waals surface area contributed by atoms with Crippen molar-refractivity contribution in [3.8, 4) is 0 Å². The minimum atomic E-state index is -0.0176. The lowest BCUT2D eigenvalue weighted by Gasteiger charge is -2.12. The van der Waals surface area contributed by atoms with Crippen LogP contribution < -0.4 is 5.69 Å². The maximum absolute atomic E-state index is 12.0. The van der Waals surface area contributed by atoms with Crippen molar-refractivity contribution < 1.29 is 0 Å². The van der Waals surface area contributed by atoms with E-state index in [9.17, 15) is 4.79 Å². The Bertz CT molecular complexity index is 690. The highest BCUT2D eigenvalue weighted by Crippen LogP contribution is 2.34. The van der Waals surface area contributed by atoms with Crippen LogP contribution in [0.1, 0.15) is 50.0 Å². The molecular weight excluding hydrogens is 352 g/mol. The van der Waals surface area contributed by atoms with Crippen LogP contribution in [-0.2, 0) is 14.1 Å². The third-order valence-electron chi connectivity index (χ3n) is 4.04. The van der Waals surface area contributed by atoms with Gasteiger partial charge >= 0.3 is 5.69 Å². The Kier molecular flexibility index (Phi) is 5.55. The predicted octanol–water partition coefficient (Wildman–Crippen LogP) is 4.89. The summed E-state index contributed by atoms with van der Waals surface area (Å²) in [6.45, 7) is 2.21. The number of aryl methyl sites for hydroxylation is 2. The number of halogens is 2. The second kappa shape index (κ2) is 7.01. The highest BCUT2D eigenvalue weighted by molar-refractivity contribution is 9.10. The van der Waals surface area contributed by atoms with Gasteiger partial charge in [-0.3, -0.25) is 9.13 Å². The molecule has 1 aromatic heterocycles. The van der Waals surface area contributed by atoms with Crippen molar-refractivity contribution in [2.24, 2.45) is 14.1 Å². The Morgan fingerprint density at radius 2 is 1.76 bits per heavy atom. The van der Waals surface area contributed by atoms with Gasteiger partial charge in [-0.25, -0.2) is 4.79 Å². The fraction of sp³-hybridized carbons (Fsp3) is 0.562. The number of imidazole rings is 1. The molecule has 5 heteroatoms. The third kappa shape index (κ3) is 3.37. The van der Waals surface area contributed by atoms with Crippen LogP contribution in [0.4, 0.5) is 0 Å². The second-order valence-electron chi connectivity index (χ2n) is 5.58. The quantitative estimate of drug-likeness (QED) is 0.523. The molecule has 0 amide bonds. The molecule has 0 N–H and O–H groups in total. The van der Waals surface area contributed by atoms with Gasteiger partial charge in [-0.1, -0.05) is 48.5 Å². The standard InChI is InChI=1S/C16H22BrClN2O/c1-4-5-6-7-8-13(18)11-9-14-15(10-12(11)17)20(3)16(21)19(14)2/h9-10,13H,4-8H2,1-3H3. The predicted molar refractivity (Wildman–Crippen MR) is 93.2 cm³/mol. The molecule has 0 aliphatic carbocycles. The summed E-state index contributed by atoms with van der Waals surface area (Å²) in [4.78, 5) is 12.0. The van der Waals surface area contributed by atoms with E-state index >= 15 is 0 Å². The number of fused-ring (bicyclic) bond motifs is 1. The zero-order valence-electron chi connectivity index (χ0n) is 12.8. The molecular formula is C16H22BrClN2O. The summed E-state index contributed by atoms with van der Waals surface area (Å²) in [6, 6.07) is 4.03. The van der Waals surface area contributed by atoms with E-state index in [0.29, 0.717) is 0 Å². The van der Waals surface area contributed by atoms with Gasteiger partial charge in [0.1, 0.15) is 0 Å². The lowest BCUT2D eigenvalue weighted by atomic mass is 10.0. The Morgan fingerprint density at radius 1 is 1.14 bits per heavy atom. The van der Waals surface area contributed by atoms with E-state index in [1.165, 1.54) is 19.3 Å². The molecule has 0 saturated carbocycles. The molecule has 0 saturated heterocycles. The number of rotatable bonds is 6. The molecule has 0 spiro atoms. The largest absolute Gasteiger partial charge is 0.328 e. The van der Waals surface area contributed by atoms with Gasteiger partial charge in [0.2, 0.25) is 0 Å². The summed E-state index contributed by atoms with van der Waals surface area (Å²) < 4.78 is 4.31. The normalized spacial score (nSPS) is 13.0. The molecule has 1 aromatic carbocycles. The summed E-state index contributed by atoms with van der Waals surface area (Å²) in [6.07, 6.45) is 5.82. The number of unbranched alkanes of at least 4 members (excludes halogenated alkanes) is 3.